The van der Waals surface area contributed by atoms with Crippen LogP contribution in [-0.4, -0.2) is 24.3 Å². The number of carbonyl (C=O) groups is 1. The van der Waals surface area contributed by atoms with Gasteiger partial charge < -0.3 is 10.6 Å². The van der Waals surface area contributed by atoms with Crippen molar-refractivity contribution in [3.63, 3.8) is 0 Å². The second-order valence-corrected chi connectivity index (χ2v) is 3.46. The van der Waals surface area contributed by atoms with Gasteiger partial charge in [0.05, 0.1) is 0 Å². The second-order valence-electron chi connectivity index (χ2n) is 3.46. The van der Waals surface area contributed by atoms with Crippen molar-refractivity contribution in [2.24, 2.45) is 0 Å². The first-order chi connectivity index (χ1) is 6.41. The molecule has 1 saturated carbocycles. The van der Waals surface area contributed by atoms with Crippen LogP contribution in [0.25, 0.3) is 0 Å². The Kier molecular flexibility index (Phi) is 2.92. The van der Waals surface area contributed by atoms with Crippen LogP contribution < -0.4 is 10.6 Å². The fraction of sp³-hybridized carbons (Fsp3) is 0.875. The van der Waals surface area contributed by atoms with Gasteiger partial charge in [0.2, 0.25) is 0 Å². The summed E-state index contributed by atoms with van der Waals surface area (Å²) in [6.07, 6.45) is -3.67. The number of rotatable bonds is 3. The van der Waals surface area contributed by atoms with E-state index < -0.39 is 17.7 Å². The molecular weight excluding hydrogens is 197 g/mol. The highest BCUT2D eigenvalue weighted by atomic mass is 19.4. The van der Waals surface area contributed by atoms with Gasteiger partial charge in [0.15, 0.2) is 0 Å². The highest BCUT2D eigenvalue weighted by Gasteiger charge is 2.64. The first-order valence-electron chi connectivity index (χ1n) is 4.54. The number of amides is 2. The zero-order valence-corrected chi connectivity index (χ0v) is 7.87. The van der Waals surface area contributed by atoms with E-state index in [4.69, 9.17) is 0 Å². The molecule has 0 aromatic carbocycles. The third-order valence-corrected chi connectivity index (χ3v) is 2.18. The van der Waals surface area contributed by atoms with Crippen molar-refractivity contribution in [1.82, 2.24) is 10.6 Å². The minimum Gasteiger partial charge on any atom is -0.338 e. The summed E-state index contributed by atoms with van der Waals surface area (Å²) in [5, 5.41) is 4.32. The van der Waals surface area contributed by atoms with Crippen LogP contribution in [0.1, 0.15) is 26.2 Å². The van der Waals surface area contributed by atoms with Gasteiger partial charge in [-0.3, -0.25) is 0 Å². The van der Waals surface area contributed by atoms with Crippen molar-refractivity contribution in [3.8, 4) is 0 Å². The lowest BCUT2D eigenvalue weighted by Gasteiger charge is -2.20. The Hall–Kier alpha value is -0.940. The van der Waals surface area contributed by atoms with Crippen LogP contribution in [0.3, 0.4) is 0 Å². The Morgan fingerprint density at radius 3 is 2.36 bits per heavy atom. The molecule has 1 aliphatic rings. The van der Waals surface area contributed by atoms with E-state index in [-0.39, 0.29) is 12.8 Å². The molecule has 0 saturated heterocycles. The molecule has 1 rings (SSSR count). The van der Waals surface area contributed by atoms with Gasteiger partial charge in [0.25, 0.3) is 0 Å². The molecule has 0 atom stereocenters. The number of halogens is 3. The van der Waals surface area contributed by atoms with Crippen molar-refractivity contribution < 1.29 is 18.0 Å². The summed E-state index contributed by atoms with van der Waals surface area (Å²) in [5.74, 6) is 0. The second kappa shape index (κ2) is 3.67. The molecule has 0 aromatic heterocycles. The van der Waals surface area contributed by atoms with E-state index in [0.29, 0.717) is 13.0 Å². The van der Waals surface area contributed by atoms with Gasteiger partial charge in [-0.1, -0.05) is 6.92 Å². The molecule has 0 spiro atoms. The third kappa shape index (κ3) is 2.30. The smallest absolute Gasteiger partial charge is 0.338 e. The Morgan fingerprint density at radius 2 is 2.00 bits per heavy atom. The van der Waals surface area contributed by atoms with E-state index in [2.05, 4.69) is 5.32 Å². The molecule has 0 aliphatic heterocycles. The topological polar surface area (TPSA) is 41.1 Å². The number of hydrogen-bond acceptors (Lipinski definition) is 1. The fourth-order valence-corrected chi connectivity index (χ4v) is 1.10. The maximum Gasteiger partial charge on any atom is 0.411 e. The highest BCUT2D eigenvalue weighted by molar-refractivity contribution is 5.75. The van der Waals surface area contributed by atoms with Crippen molar-refractivity contribution in [2.45, 2.75) is 37.9 Å². The maximum absolute atomic E-state index is 12.3. The maximum atomic E-state index is 12.3. The van der Waals surface area contributed by atoms with E-state index in [1.54, 1.807) is 0 Å². The monoisotopic (exact) mass is 210 g/mol. The van der Waals surface area contributed by atoms with Gasteiger partial charge in [0, 0.05) is 6.54 Å². The van der Waals surface area contributed by atoms with Crippen LogP contribution >= 0.6 is 0 Å². The lowest BCUT2D eigenvalue weighted by molar-refractivity contribution is -0.162. The number of hydrogen-bond donors (Lipinski definition) is 2. The average molecular weight is 210 g/mol. The first kappa shape index (κ1) is 11.1. The van der Waals surface area contributed by atoms with Crippen LogP contribution in [0.15, 0.2) is 0 Å². The van der Waals surface area contributed by atoms with Crippen molar-refractivity contribution in [1.29, 1.82) is 0 Å². The first-order valence-corrected chi connectivity index (χ1v) is 4.54. The van der Waals surface area contributed by atoms with Crippen LogP contribution in [0, 0.1) is 0 Å². The molecule has 14 heavy (non-hydrogen) atoms. The fourth-order valence-electron chi connectivity index (χ4n) is 1.10. The van der Waals surface area contributed by atoms with Crippen LogP contribution in [0.5, 0.6) is 0 Å². The van der Waals surface area contributed by atoms with Crippen LogP contribution in [0.4, 0.5) is 18.0 Å². The molecular formula is C8H13F3N2O. The molecule has 0 aromatic rings. The quantitative estimate of drug-likeness (QED) is 0.732. The lowest BCUT2D eigenvalue weighted by atomic mass is 10.2. The molecule has 0 bridgehead atoms. The molecule has 1 fully saturated rings. The number of nitrogens with one attached hydrogen (secondary N) is 2. The Morgan fingerprint density at radius 1 is 1.43 bits per heavy atom. The van der Waals surface area contributed by atoms with Crippen molar-refractivity contribution in [3.05, 3.63) is 0 Å². The summed E-state index contributed by atoms with van der Waals surface area (Å²) < 4.78 is 37.0. The summed E-state index contributed by atoms with van der Waals surface area (Å²) in [6.45, 7) is 2.22. The molecule has 3 nitrogen and oxygen atoms in total. The summed E-state index contributed by atoms with van der Waals surface area (Å²) in [4.78, 5) is 11.0. The van der Waals surface area contributed by atoms with Crippen molar-refractivity contribution in [2.75, 3.05) is 6.54 Å². The van der Waals surface area contributed by atoms with E-state index in [0.717, 1.165) is 0 Å². The van der Waals surface area contributed by atoms with Gasteiger partial charge in [-0.25, -0.2) is 4.79 Å². The van der Waals surface area contributed by atoms with E-state index >= 15 is 0 Å². The van der Waals surface area contributed by atoms with Crippen LogP contribution in [0.2, 0.25) is 0 Å². The van der Waals surface area contributed by atoms with Crippen LogP contribution in [-0.2, 0) is 0 Å². The molecule has 6 heteroatoms. The van der Waals surface area contributed by atoms with Crippen molar-refractivity contribution >= 4 is 6.03 Å². The largest absolute Gasteiger partial charge is 0.411 e. The molecule has 0 unspecified atom stereocenters. The molecule has 2 amide bonds. The summed E-state index contributed by atoms with van der Waals surface area (Å²) >= 11 is 0. The third-order valence-electron chi connectivity index (χ3n) is 2.18. The zero-order chi connectivity index (χ0) is 10.8. The van der Waals surface area contributed by atoms with E-state index in [9.17, 15) is 18.0 Å². The zero-order valence-electron chi connectivity index (χ0n) is 7.87. The number of alkyl halides is 3. The SMILES string of the molecule is CCCNC(=O)NC1(C(F)(F)F)CC1. The lowest BCUT2D eigenvalue weighted by Crippen LogP contribution is -2.51. The number of urea groups is 1. The van der Waals surface area contributed by atoms with Gasteiger partial charge >= 0.3 is 12.2 Å². The van der Waals surface area contributed by atoms with Gasteiger partial charge in [0.1, 0.15) is 5.54 Å². The predicted molar refractivity (Wildman–Crippen MR) is 44.8 cm³/mol. The number of carbonyl (C=O) groups excluding carboxylic acids is 1. The summed E-state index contributed by atoms with van der Waals surface area (Å²) in [7, 11) is 0. The highest BCUT2D eigenvalue weighted by Crippen LogP contribution is 2.48. The van der Waals surface area contributed by atoms with Gasteiger partial charge in [-0.05, 0) is 19.3 Å². The van der Waals surface area contributed by atoms with Gasteiger partial charge in [-0.15, -0.1) is 0 Å². The summed E-state index contributed by atoms with van der Waals surface area (Å²) in [5.41, 5.74) is -1.95. The standard InChI is InChI=1S/C8H13F3N2O/c1-2-5-12-6(14)13-7(3-4-7)8(9,10)11/h2-5H2,1H3,(H2,12,13,14). The molecule has 0 heterocycles. The molecule has 0 radical (unpaired) electrons. The minimum atomic E-state index is -4.34. The van der Waals surface area contributed by atoms with Gasteiger partial charge in [-0.2, -0.15) is 13.2 Å². The minimum absolute atomic E-state index is 0.0178. The Labute approximate surface area is 80.0 Å². The molecule has 1 aliphatic carbocycles. The Bertz CT molecular complexity index is 223. The molecule has 2 N–H and O–H groups in total. The van der Waals surface area contributed by atoms with E-state index in [1.165, 1.54) is 0 Å². The van der Waals surface area contributed by atoms with E-state index in [1.807, 2.05) is 12.2 Å². The normalized spacial score (nSPS) is 18.9. The predicted octanol–water partition coefficient (Wildman–Crippen LogP) is 1.79. The summed E-state index contributed by atoms with van der Waals surface area (Å²) in [6, 6.07) is -0.735. The molecule has 82 valence electrons. The average Bonchev–Trinajstić information content (AvgIpc) is 2.80. The Balaban J connectivity index is 2.40.